The number of amides is 1. The van der Waals surface area contributed by atoms with Crippen molar-refractivity contribution in [2.75, 3.05) is 6.54 Å². The summed E-state index contributed by atoms with van der Waals surface area (Å²) < 4.78 is 0. The van der Waals surface area contributed by atoms with E-state index < -0.39 is 11.9 Å². The highest BCUT2D eigenvalue weighted by Gasteiger charge is 2.35. The second-order valence-electron chi connectivity index (χ2n) is 5.34. The third-order valence-electron chi connectivity index (χ3n) is 3.86. The van der Waals surface area contributed by atoms with Gasteiger partial charge in [-0.2, -0.15) is 0 Å². The fourth-order valence-corrected chi connectivity index (χ4v) is 3.08. The minimum atomic E-state index is -0.836. The molecule has 2 atom stereocenters. The molecule has 1 aromatic carbocycles. The van der Waals surface area contributed by atoms with Gasteiger partial charge >= 0.3 is 5.97 Å². The number of likely N-dealkylation sites (tertiary alicyclic amines) is 1. The molecule has 0 radical (unpaired) electrons. The van der Waals surface area contributed by atoms with Crippen LogP contribution in [-0.4, -0.2) is 34.5 Å². The lowest BCUT2D eigenvalue weighted by atomic mass is 9.90. The van der Waals surface area contributed by atoms with Crippen molar-refractivity contribution in [2.24, 2.45) is 5.92 Å². The number of piperidine rings is 1. The highest BCUT2D eigenvalue weighted by atomic mass is 35.5. The number of carbonyl (C=O) groups is 2. The molecule has 1 fully saturated rings. The molecule has 0 bridgehead atoms. The number of nitrogens with zero attached hydrogens (tertiary/aromatic N) is 1. The third kappa shape index (κ3) is 2.96. The molecule has 1 saturated heterocycles. The first kappa shape index (κ1) is 14.9. The minimum Gasteiger partial charge on any atom is -0.481 e. The zero-order valence-corrected chi connectivity index (χ0v) is 12.4. The Balaban J connectivity index is 2.25. The fraction of sp³-hybridized carbons (Fsp3) is 0.467. The third-order valence-corrected chi connectivity index (χ3v) is 4.07. The largest absolute Gasteiger partial charge is 0.481 e. The average Bonchev–Trinajstić information content (AvgIpc) is 2.36. The Labute approximate surface area is 123 Å². The molecular formula is C15H18ClNO3. The van der Waals surface area contributed by atoms with E-state index >= 15 is 0 Å². The molecule has 0 aliphatic carbocycles. The smallest absolute Gasteiger partial charge is 0.308 e. The molecule has 20 heavy (non-hydrogen) atoms. The van der Waals surface area contributed by atoms with Crippen molar-refractivity contribution < 1.29 is 14.7 Å². The van der Waals surface area contributed by atoms with Crippen LogP contribution in [0.5, 0.6) is 0 Å². The maximum atomic E-state index is 12.6. The summed E-state index contributed by atoms with van der Waals surface area (Å²) in [5.41, 5.74) is 1.44. The van der Waals surface area contributed by atoms with Crippen molar-refractivity contribution >= 4 is 23.5 Å². The number of carbonyl (C=O) groups excluding carboxylic acids is 1. The minimum absolute atomic E-state index is 0.144. The topological polar surface area (TPSA) is 57.6 Å². The van der Waals surface area contributed by atoms with E-state index in [-0.39, 0.29) is 11.9 Å². The molecule has 0 spiro atoms. The molecule has 1 N–H and O–H groups in total. The number of aryl methyl sites for hydroxylation is 1. The molecule has 0 saturated carbocycles. The van der Waals surface area contributed by atoms with E-state index in [0.717, 1.165) is 5.56 Å². The molecule has 0 unspecified atom stereocenters. The molecule has 1 aliphatic rings. The molecule has 4 nitrogen and oxygen atoms in total. The summed E-state index contributed by atoms with van der Waals surface area (Å²) in [5.74, 6) is -1.47. The van der Waals surface area contributed by atoms with Crippen LogP contribution in [0.4, 0.5) is 0 Å². The standard InChI is InChI=1S/C15H18ClNO3/c1-9-6-11(8-12(16)7-9)14(18)17-5-3-4-13(10(17)2)15(19)20/h6-8,10,13H,3-5H2,1-2H3,(H,19,20)/t10-,13-/m1/s1. The van der Waals surface area contributed by atoms with Crippen molar-refractivity contribution in [1.82, 2.24) is 4.90 Å². The molecule has 108 valence electrons. The maximum Gasteiger partial charge on any atom is 0.308 e. The second kappa shape index (κ2) is 5.83. The Morgan fingerprint density at radius 2 is 2.05 bits per heavy atom. The summed E-state index contributed by atoms with van der Waals surface area (Å²) in [6.07, 6.45) is 1.33. The lowest BCUT2D eigenvalue weighted by Gasteiger charge is -2.37. The molecule has 2 rings (SSSR count). The molecule has 5 heteroatoms. The maximum absolute atomic E-state index is 12.6. The molecular weight excluding hydrogens is 278 g/mol. The van der Waals surface area contributed by atoms with E-state index in [4.69, 9.17) is 11.6 Å². The van der Waals surface area contributed by atoms with Crippen molar-refractivity contribution in [3.63, 3.8) is 0 Å². The second-order valence-corrected chi connectivity index (χ2v) is 5.78. The summed E-state index contributed by atoms with van der Waals surface area (Å²) in [5, 5.41) is 9.73. The zero-order valence-electron chi connectivity index (χ0n) is 11.6. The Bertz CT molecular complexity index is 524. The van der Waals surface area contributed by atoms with E-state index in [0.29, 0.717) is 30.0 Å². The number of benzene rings is 1. The highest BCUT2D eigenvalue weighted by molar-refractivity contribution is 6.31. The van der Waals surface area contributed by atoms with Gasteiger partial charge < -0.3 is 10.0 Å². The molecule has 1 heterocycles. The van der Waals surface area contributed by atoms with Crippen molar-refractivity contribution in [1.29, 1.82) is 0 Å². The van der Waals surface area contributed by atoms with Crippen LogP contribution >= 0.6 is 11.6 Å². The summed E-state index contributed by atoms with van der Waals surface area (Å²) in [4.78, 5) is 25.4. The zero-order chi connectivity index (χ0) is 14.9. The van der Waals surface area contributed by atoms with Crippen LogP contribution in [0, 0.1) is 12.8 Å². The molecule has 1 amide bonds. The predicted octanol–water partition coefficient (Wildman–Crippen LogP) is 2.97. The van der Waals surface area contributed by atoms with E-state index in [1.807, 2.05) is 6.92 Å². The monoisotopic (exact) mass is 295 g/mol. The quantitative estimate of drug-likeness (QED) is 0.912. The molecule has 1 aliphatic heterocycles. The van der Waals surface area contributed by atoms with Crippen molar-refractivity contribution in [2.45, 2.75) is 32.7 Å². The van der Waals surface area contributed by atoms with Gasteiger partial charge in [-0.25, -0.2) is 0 Å². The van der Waals surface area contributed by atoms with Gasteiger partial charge in [-0.05, 0) is 50.5 Å². The van der Waals surface area contributed by atoms with Gasteiger partial charge in [0.2, 0.25) is 0 Å². The first-order chi connectivity index (χ1) is 9.40. The predicted molar refractivity (Wildman–Crippen MR) is 77.0 cm³/mol. The van der Waals surface area contributed by atoms with Gasteiger partial charge in [0, 0.05) is 23.2 Å². The number of hydrogen-bond acceptors (Lipinski definition) is 2. The van der Waals surface area contributed by atoms with Crippen LogP contribution in [-0.2, 0) is 4.79 Å². The lowest BCUT2D eigenvalue weighted by Crippen LogP contribution is -2.49. The van der Waals surface area contributed by atoms with Crippen LogP contribution < -0.4 is 0 Å². The van der Waals surface area contributed by atoms with Crippen LogP contribution in [0.2, 0.25) is 5.02 Å². The van der Waals surface area contributed by atoms with Gasteiger partial charge in [0.25, 0.3) is 5.91 Å². The highest BCUT2D eigenvalue weighted by Crippen LogP contribution is 2.26. The van der Waals surface area contributed by atoms with Crippen molar-refractivity contribution in [3.05, 3.63) is 34.3 Å². The molecule has 0 aromatic heterocycles. The van der Waals surface area contributed by atoms with E-state index in [1.54, 1.807) is 30.0 Å². The lowest BCUT2D eigenvalue weighted by molar-refractivity contribution is -0.144. The number of carboxylic acids is 1. The van der Waals surface area contributed by atoms with Crippen LogP contribution in [0.3, 0.4) is 0 Å². The number of aliphatic carboxylic acids is 1. The van der Waals surface area contributed by atoms with Gasteiger partial charge in [-0.3, -0.25) is 9.59 Å². The average molecular weight is 296 g/mol. The SMILES string of the molecule is Cc1cc(Cl)cc(C(=O)N2CCC[C@@H](C(=O)O)[C@H]2C)c1. The van der Waals surface area contributed by atoms with E-state index in [9.17, 15) is 14.7 Å². The van der Waals surface area contributed by atoms with E-state index in [1.165, 1.54) is 0 Å². The Kier molecular flexibility index (Phi) is 4.33. The number of rotatable bonds is 2. The summed E-state index contributed by atoms with van der Waals surface area (Å²) >= 11 is 5.98. The van der Waals surface area contributed by atoms with Gasteiger partial charge in [-0.15, -0.1) is 0 Å². The van der Waals surface area contributed by atoms with Crippen LogP contribution in [0.1, 0.15) is 35.7 Å². The Hall–Kier alpha value is -1.55. The number of carboxylic acid groups (broad SMARTS) is 1. The van der Waals surface area contributed by atoms with Gasteiger partial charge in [0.1, 0.15) is 0 Å². The van der Waals surface area contributed by atoms with Crippen LogP contribution in [0.25, 0.3) is 0 Å². The fourth-order valence-electron chi connectivity index (χ4n) is 2.79. The Morgan fingerprint density at radius 1 is 1.35 bits per heavy atom. The summed E-state index contributed by atoms with van der Waals surface area (Å²) in [6.45, 7) is 4.27. The van der Waals surface area contributed by atoms with Crippen molar-refractivity contribution in [3.8, 4) is 0 Å². The van der Waals surface area contributed by atoms with Gasteiger partial charge in [0.15, 0.2) is 0 Å². The first-order valence-corrected chi connectivity index (χ1v) is 7.09. The number of halogens is 1. The Morgan fingerprint density at radius 3 is 2.65 bits per heavy atom. The van der Waals surface area contributed by atoms with E-state index in [2.05, 4.69) is 0 Å². The van der Waals surface area contributed by atoms with Gasteiger partial charge in [-0.1, -0.05) is 11.6 Å². The molecule has 1 aromatic rings. The van der Waals surface area contributed by atoms with Gasteiger partial charge in [0.05, 0.1) is 5.92 Å². The first-order valence-electron chi connectivity index (χ1n) is 6.71. The van der Waals surface area contributed by atoms with Crippen LogP contribution in [0.15, 0.2) is 18.2 Å². The normalized spacial score (nSPS) is 22.6. The number of hydrogen-bond donors (Lipinski definition) is 1. The summed E-state index contributed by atoms with van der Waals surface area (Å²) in [6, 6.07) is 4.91. The summed E-state index contributed by atoms with van der Waals surface area (Å²) in [7, 11) is 0.